The van der Waals surface area contributed by atoms with Gasteiger partial charge in [0, 0.05) is 52.1 Å². The number of nitrogens with zero attached hydrogens (tertiary/aromatic N) is 10. The molecule has 0 radical (unpaired) electrons. The number of hydrogen-bond acceptors (Lipinski definition) is 19. The van der Waals surface area contributed by atoms with Crippen LogP contribution in [-0.2, 0) is 19.1 Å². The van der Waals surface area contributed by atoms with E-state index in [4.69, 9.17) is 9.47 Å². The molecule has 0 spiro atoms. The van der Waals surface area contributed by atoms with Gasteiger partial charge in [-0.1, -0.05) is 50.4 Å². The lowest BCUT2D eigenvalue weighted by molar-refractivity contribution is -0.116. The van der Waals surface area contributed by atoms with Gasteiger partial charge in [-0.15, -0.1) is 20.4 Å². The number of amides is 3. The quantitative estimate of drug-likeness (QED) is 0.0593. The molecule has 2 aromatic carbocycles. The van der Waals surface area contributed by atoms with Crippen LogP contribution in [0, 0.1) is 0 Å². The summed E-state index contributed by atoms with van der Waals surface area (Å²) in [5.41, 5.74) is 3.86. The number of aromatic amines is 1. The molecular formula is C48H56N16O6S2. The summed E-state index contributed by atoms with van der Waals surface area (Å²) in [6, 6.07) is 14.9. The maximum absolute atomic E-state index is 13.5. The van der Waals surface area contributed by atoms with Gasteiger partial charge in [0.05, 0.1) is 66.0 Å². The first-order valence-corrected chi connectivity index (χ1v) is 24.4. The zero-order valence-corrected chi connectivity index (χ0v) is 43.0. The summed E-state index contributed by atoms with van der Waals surface area (Å²) < 4.78 is 12.3. The summed E-state index contributed by atoms with van der Waals surface area (Å²) in [7, 11) is 0. The van der Waals surface area contributed by atoms with Crippen molar-refractivity contribution in [2.45, 2.75) is 92.5 Å². The Labute approximate surface area is 422 Å². The number of aromatic nitrogens is 10. The Morgan fingerprint density at radius 3 is 1.89 bits per heavy atom. The van der Waals surface area contributed by atoms with E-state index in [1.54, 1.807) is 96.8 Å². The predicted molar refractivity (Wildman–Crippen MR) is 279 cm³/mol. The van der Waals surface area contributed by atoms with E-state index < -0.39 is 23.4 Å². The second kappa shape index (κ2) is 22.5. The van der Waals surface area contributed by atoms with Crippen LogP contribution < -0.4 is 31.5 Å². The smallest absolute Gasteiger partial charge is 0.435 e. The van der Waals surface area contributed by atoms with Crippen LogP contribution in [0.5, 0.6) is 0 Å². The highest BCUT2D eigenvalue weighted by Gasteiger charge is 2.29. The topological polar surface area (TPSA) is 274 Å². The highest BCUT2D eigenvalue weighted by Crippen LogP contribution is 2.36. The molecule has 0 aliphatic heterocycles. The minimum absolute atomic E-state index is 0.119. The maximum Gasteiger partial charge on any atom is 0.435 e. The Balaban J connectivity index is 0.000000227. The Bertz CT molecular complexity index is 3190. The third-order valence-electron chi connectivity index (χ3n) is 9.55. The fourth-order valence-corrected chi connectivity index (χ4v) is 8.00. The van der Waals surface area contributed by atoms with Crippen molar-refractivity contribution in [2.75, 3.05) is 33.9 Å². The van der Waals surface area contributed by atoms with Gasteiger partial charge < -0.3 is 36.1 Å². The van der Waals surface area contributed by atoms with Crippen LogP contribution in [0.4, 0.5) is 42.6 Å². The van der Waals surface area contributed by atoms with E-state index in [9.17, 15) is 19.2 Å². The van der Waals surface area contributed by atoms with E-state index in [0.29, 0.717) is 48.7 Å². The van der Waals surface area contributed by atoms with E-state index in [1.165, 1.54) is 27.1 Å². The third kappa shape index (κ3) is 14.4. The molecule has 6 heterocycles. The van der Waals surface area contributed by atoms with Crippen LogP contribution in [0.2, 0.25) is 0 Å². The molecule has 0 aliphatic carbocycles. The molecule has 0 unspecified atom stereocenters. The van der Waals surface area contributed by atoms with E-state index >= 15 is 0 Å². The molecular weight excluding hydrogens is 961 g/mol. The number of benzene rings is 2. The SMILES string of the molecule is CC(C)NCC(=O)Nc1cncc(-c2nnc(N(C(=O)OC(C)(C)C)c3ccc4c(cnn4C(=O)OC(C)(C)C)c3)s2)c1.CC(C)NCC(=O)Nc1cncc(-c2nnc(Nc3ccc4[nH]ncc4c3)s2)c1. The van der Waals surface area contributed by atoms with Crippen molar-refractivity contribution < 1.29 is 28.7 Å². The summed E-state index contributed by atoms with van der Waals surface area (Å²) in [5, 5.41) is 46.9. The second-order valence-corrected chi connectivity index (χ2v) is 20.7. The molecule has 376 valence electrons. The Hall–Kier alpha value is -7.80. The van der Waals surface area contributed by atoms with E-state index in [0.717, 1.165) is 33.5 Å². The first-order valence-electron chi connectivity index (χ1n) is 22.7. The van der Waals surface area contributed by atoms with Crippen molar-refractivity contribution in [2.24, 2.45) is 0 Å². The summed E-state index contributed by atoms with van der Waals surface area (Å²) >= 11 is 2.56. The molecule has 0 saturated heterocycles. The van der Waals surface area contributed by atoms with Crippen molar-refractivity contribution in [3.63, 3.8) is 0 Å². The molecule has 22 nitrogen and oxygen atoms in total. The minimum atomic E-state index is -0.782. The average molecular weight is 1020 g/mol. The first-order chi connectivity index (χ1) is 34.2. The van der Waals surface area contributed by atoms with Crippen molar-refractivity contribution in [3.05, 3.63) is 85.7 Å². The summed E-state index contributed by atoms with van der Waals surface area (Å²) in [5.74, 6) is -0.320. The molecule has 8 rings (SSSR count). The van der Waals surface area contributed by atoms with Gasteiger partial charge in [-0.05, 0) is 90.1 Å². The number of anilines is 6. The molecule has 0 atom stereocenters. The van der Waals surface area contributed by atoms with Crippen LogP contribution >= 0.6 is 22.7 Å². The van der Waals surface area contributed by atoms with Gasteiger partial charge in [0.25, 0.3) is 0 Å². The van der Waals surface area contributed by atoms with Crippen molar-refractivity contribution in [1.82, 2.24) is 61.0 Å². The molecule has 0 bridgehead atoms. The standard InChI is InChI=1S/C29H36N8O5S.C19H20N8OS/c1-17(2)31-16-23(38)33-20-11-19(13-30-15-20)24-34-35-25(43-24)36(26(39)41-28(3,4)5)21-9-10-22-18(12-21)14-32-37(22)27(40)42-29(6,7)8;1-11(2)21-10-17(28)23-15-6-13(7-20-9-15)18-26-27-19(29-18)24-14-3-4-16-12(5-14)8-22-25-16/h9-15,17,31H,16H2,1-8H3,(H,33,38);3-9,11,21H,10H2,1-2H3,(H,22,25)(H,23,28)(H,24,27). The average Bonchev–Trinajstić information content (AvgIpc) is 4.15. The Kier molecular flexibility index (Phi) is 16.3. The van der Waals surface area contributed by atoms with Crippen LogP contribution in [0.15, 0.2) is 85.7 Å². The Morgan fingerprint density at radius 1 is 0.667 bits per heavy atom. The van der Waals surface area contributed by atoms with Crippen LogP contribution in [-0.4, -0.2) is 111 Å². The van der Waals surface area contributed by atoms with Gasteiger partial charge in [0.2, 0.25) is 22.1 Å². The van der Waals surface area contributed by atoms with Gasteiger partial charge in [0.1, 0.15) is 11.2 Å². The number of pyridine rings is 2. The number of rotatable bonds is 14. The largest absolute Gasteiger partial charge is 0.443 e. The van der Waals surface area contributed by atoms with Gasteiger partial charge >= 0.3 is 12.2 Å². The van der Waals surface area contributed by atoms with Gasteiger partial charge in [-0.2, -0.15) is 14.9 Å². The fraction of sp³-hybridized carbons (Fsp3) is 0.333. The molecule has 72 heavy (non-hydrogen) atoms. The predicted octanol–water partition coefficient (Wildman–Crippen LogP) is 8.90. The second-order valence-electron chi connectivity index (χ2n) is 18.8. The molecule has 0 aliphatic rings. The summed E-state index contributed by atoms with van der Waals surface area (Å²) in [6.07, 6.45) is 8.46. The van der Waals surface area contributed by atoms with Gasteiger partial charge in [0.15, 0.2) is 10.0 Å². The number of ether oxygens (including phenoxy) is 2. The van der Waals surface area contributed by atoms with Crippen LogP contribution in [0.1, 0.15) is 69.2 Å². The monoisotopic (exact) mass is 1020 g/mol. The molecule has 0 saturated carbocycles. The lowest BCUT2D eigenvalue weighted by Gasteiger charge is -2.25. The van der Waals surface area contributed by atoms with Crippen molar-refractivity contribution in [1.29, 1.82) is 0 Å². The summed E-state index contributed by atoms with van der Waals surface area (Å²) in [6.45, 7) is 18.9. The van der Waals surface area contributed by atoms with Crippen LogP contribution in [0.3, 0.4) is 0 Å². The van der Waals surface area contributed by atoms with E-state index in [1.807, 2.05) is 52.0 Å². The maximum atomic E-state index is 13.5. The van der Waals surface area contributed by atoms with E-state index in [-0.39, 0.29) is 42.1 Å². The van der Waals surface area contributed by atoms with Gasteiger partial charge in [-0.25, -0.2) is 14.5 Å². The Morgan fingerprint density at radius 2 is 1.28 bits per heavy atom. The normalized spacial score (nSPS) is 11.6. The number of carbonyl (C=O) groups excluding carboxylic acids is 4. The lowest BCUT2D eigenvalue weighted by Crippen LogP contribution is -2.33. The number of fused-ring (bicyclic) bond motifs is 2. The van der Waals surface area contributed by atoms with Crippen LogP contribution in [0.25, 0.3) is 42.9 Å². The zero-order chi connectivity index (χ0) is 51.7. The molecule has 24 heteroatoms. The zero-order valence-electron chi connectivity index (χ0n) is 41.4. The number of carbonyl (C=O) groups is 4. The lowest BCUT2D eigenvalue weighted by atomic mass is 10.2. The molecule has 6 aromatic heterocycles. The molecule has 0 fully saturated rings. The molecule has 8 aromatic rings. The number of nitrogens with one attached hydrogen (secondary N) is 6. The molecule has 6 N–H and O–H groups in total. The highest BCUT2D eigenvalue weighted by atomic mass is 32.1. The van der Waals surface area contributed by atoms with E-state index in [2.05, 4.69) is 72.2 Å². The highest BCUT2D eigenvalue weighted by molar-refractivity contribution is 7.19. The molecule has 3 amide bonds. The summed E-state index contributed by atoms with van der Waals surface area (Å²) in [4.78, 5) is 60.2. The number of H-pyrrole nitrogens is 1. The van der Waals surface area contributed by atoms with Crippen molar-refractivity contribution in [3.8, 4) is 21.1 Å². The minimum Gasteiger partial charge on any atom is -0.443 e. The number of hydrogen-bond donors (Lipinski definition) is 6. The fourth-order valence-electron chi connectivity index (χ4n) is 6.42. The third-order valence-corrected chi connectivity index (χ3v) is 11.4. The van der Waals surface area contributed by atoms with Crippen molar-refractivity contribution >= 4 is 101 Å². The first kappa shape index (κ1) is 52.0. The van der Waals surface area contributed by atoms with Gasteiger partial charge in [-0.3, -0.25) is 24.7 Å².